The molecule has 0 spiro atoms. The van der Waals surface area contributed by atoms with Crippen molar-refractivity contribution in [3.8, 4) is 6.07 Å². The van der Waals surface area contributed by atoms with E-state index in [1.54, 1.807) is 35.7 Å². The van der Waals surface area contributed by atoms with E-state index in [9.17, 15) is 8.42 Å². The molecular weight excluding hydrogens is 294 g/mol. The van der Waals surface area contributed by atoms with Gasteiger partial charge in [-0.05, 0) is 30.5 Å². The van der Waals surface area contributed by atoms with Crippen LogP contribution in [0.25, 0.3) is 5.76 Å². The molecule has 0 aliphatic carbocycles. The summed E-state index contributed by atoms with van der Waals surface area (Å²) in [7, 11) is -3.94. The van der Waals surface area contributed by atoms with Crippen molar-refractivity contribution in [1.29, 1.82) is 5.26 Å². The summed E-state index contributed by atoms with van der Waals surface area (Å²) in [6.07, 6.45) is 1.08. The zero-order valence-electron chi connectivity index (χ0n) is 10.6. The number of allylic oxidation sites excluding steroid dienone is 1. The average Bonchev–Trinajstić information content (AvgIpc) is 2.92. The Kier molecular flexibility index (Phi) is 4.23. The summed E-state index contributed by atoms with van der Waals surface area (Å²) < 4.78 is 29.4. The number of aryl methyl sites for hydroxylation is 1. The lowest BCUT2D eigenvalue weighted by Crippen LogP contribution is -2.05. The summed E-state index contributed by atoms with van der Waals surface area (Å²) in [5.41, 5.74) is 0.954. The topological polar surface area (TPSA) is 67.2 Å². The Hall–Kier alpha value is -2.10. The van der Waals surface area contributed by atoms with Crippen molar-refractivity contribution >= 4 is 27.2 Å². The smallest absolute Gasteiger partial charge is 0.339 e. The molecular formula is C14H11NO3S2. The summed E-state index contributed by atoms with van der Waals surface area (Å²) in [5.74, 6) is 0.0306. The lowest BCUT2D eigenvalue weighted by Gasteiger charge is -2.08. The third-order valence-electron chi connectivity index (χ3n) is 2.47. The van der Waals surface area contributed by atoms with Gasteiger partial charge in [-0.1, -0.05) is 23.8 Å². The van der Waals surface area contributed by atoms with Crippen LogP contribution >= 0.6 is 11.3 Å². The summed E-state index contributed by atoms with van der Waals surface area (Å²) in [6.45, 7) is 1.86. The van der Waals surface area contributed by atoms with Gasteiger partial charge in [0.25, 0.3) is 0 Å². The first kappa shape index (κ1) is 14.3. The van der Waals surface area contributed by atoms with Gasteiger partial charge < -0.3 is 4.18 Å². The van der Waals surface area contributed by atoms with Crippen LogP contribution in [0.4, 0.5) is 0 Å². The average molecular weight is 305 g/mol. The zero-order valence-corrected chi connectivity index (χ0v) is 12.2. The maximum Gasteiger partial charge on any atom is 0.339 e. The Labute approximate surface area is 121 Å². The molecule has 102 valence electrons. The molecule has 6 heteroatoms. The summed E-state index contributed by atoms with van der Waals surface area (Å²) >= 11 is 1.30. The molecule has 0 saturated carbocycles. The molecule has 0 fully saturated rings. The molecule has 1 aromatic heterocycles. The second-order valence-electron chi connectivity index (χ2n) is 3.97. The van der Waals surface area contributed by atoms with E-state index in [-0.39, 0.29) is 10.7 Å². The van der Waals surface area contributed by atoms with Crippen LogP contribution in [0.5, 0.6) is 0 Å². The van der Waals surface area contributed by atoms with Crippen LogP contribution in [0.3, 0.4) is 0 Å². The molecule has 20 heavy (non-hydrogen) atoms. The van der Waals surface area contributed by atoms with E-state index in [2.05, 4.69) is 0 Å². The normalized spacial score (nSPS) is 11.9. The van der Waals surface area contributed by atoms with Crippen LogP contribution in [0.1, 0.15) is 10.4 Å². The SMILES string of the molecule is Cc1ccc(S(=O)(=O)O/C(=C\C#N)c2cccs2)cc1. The predicted octanol–water partition coefficient (Wildman–Crippen LogP) is 3.33. The van der Waals surface area contributed by atoms with Crippen LogP contribution < -0.4 is 0 Å². The van der Waals surface area contributed by atoms with Gasteiger partial charge in [0.05, 0.1) is 17.0 Å². The first-order chi connectivity index (χ1) is 9.53. The highest BCUT2D eigenvalue weighted by molar-refractivity contribution is 7.87. The number of hydrogen-bond acceptors (Lipinski definition) is 5. The highest BCUT2D eigenvalue weighted by Crippen LogP contribution is 2.26. The van der Waals surface area contributed by atoms with Crippen molar-refractivity contribution in [2.75, 3.05) is 0 Å². The van der Waals surface area contributed by atoms with E-state index in [4.69, 9.17) is 9.44 Å². The summed E-state index contributed by atoms with van der Waals surface area (Å²) in [6, 6.07) is 11.6. The summed E-state index contributed by atoms with van der Waals surface area (Å²) in [5, 5.41) is 10.5. The Morgan fingerprint density at radius 3 is 2.55 bits per heavy atom. The third-order valence-corrected chi connectivity index (χ3v) is 4.60. The Morgan fingerprint density at radius 1 is 1.30 bits per heavy atom. The Morgan fingerprint density at radius 2 is 2.00 bits per heavy atom. The van der Waals surface area contributed by atoms with Gasteiger partial charge in [-0.2, -0.15) is 13.7 Å². The van der Waals surface area contributed by atoms with Crippen LogP contribution in [0, 0.1) is 18.3 Å². The molecule has 1 aromatic carbocycles. The molecule has 0 N–H and O–H groups in total. The van der Waals surface area contributed by atoms with Crippen molar-refractivity contribution in [1.82, 2.24) is 0 Å². The molecule has 2 aromatic rings. The maximum absolute atomic E-state index is 12.2. The Balaban J connectivity index is 2.34. The van der Waals surface area contributed by atoms with Gasteiger partial charge in [-0.3, -0.25) is 0 Å². The van der Waals surface area contributed by atoms with Gasteiger partial charge in [-0.25, -0.2) is 0 Å². The van der Waals surface area contributed by atoms with Crippen LogP contribution in [0.15, 0.2) is 52.7 Å². The van der Waals surface area contributed by atoms with Crippen LogP contribution in [-0.4, -0.2) is 8.42 Å². The van der Waals surface area contributed by atoms with Crippen molar-refractivity contribution in [3.05, 3.63) is 58.3 Å². The highest BCUT2D eigenvalue weighted by Gasteiger charge is 2.19. The number of thiophene rings is 1. The van der Waals surface area contributed by atoms with Crippen molar-refractivity contribution < 1.29 is 12.6 Å². The quantitative estimate of drug-likeness (QED) is 0.493. The van der Waals surface area contributed by atoms with E-state index >= 15 is 0 Å². The molecule has 2 rings (SSSR count). The molecule has 0 atom stereocenters. The van der Waals surface area contributed by atoms with Crippen LogP contribution in [0.2, 0.25) is 0 Å². The number of rotatable bonds is 4. The minimum atomic E-state index is -3.94. The minimum Gasteiger partial charge on any atom is -0.377 e. The minimum absolute atomic E-state index is 0.0306. The highest BCUT2D eigenvalue weighted by atomic mass is 32.2. The van der Waals surface area contributed by atoms with E-state index < -0.39 is 10.1 Å². The molecule has 0 aliphatic rings. The third kappa shape index (κ3) is 3.26. The molecule has 4 nitrogen and oxygen atoms in total. The lowest BCUT2D eigenvalue weighted by atomic mass is 10.2. The van der Waals surface area contributed by atoms with E-state index in [1.807, 2.05) is 6.92 Å². The molecule has 0 unspecified atom stereocenters. The predicted molar refractivity (Wildman–Crippen MR) is 77.4 cm³/mol. The second-order valence-corrected chi connectivity index (χ2v) is 6.46. The standard InChI is InChI=1S/C14H11NO3S2/c1-11-4-6-12(7-5-11)20(16,17)18-13(8-9-15)14-3-2-10-19-14/h2-8,10H,1H3/b13-8-. The molecule has 1 heterocycles. The van der Waals surface area contributed by atoms with Crippen molar-refractivity contribution in [3.63, 3.8) is 0 Å². The first-order valence-electron chi connectivity index (χ1n) is 5.68. The summed E-state index contributed by atoms with van der Waals surface area (Å²) in [4.78, 5) is 0.644. The first-order valence-corrected chi connectivity index (χ1v) is 7.96. The zero-order chi connectivity index (χ0) is 14.6. The van der Waals surface area contributed by atoms with E-state index in [0.717, 1.165) is 11.6 Å². The van der Waals surface area contributed by atoms with Gasteiger partial charge in [0.15, 0.2) is 5.76 Å². The fourth-order valence-electron chi connectivity index (χ4n) is 1.48. The number of nitrogens with zero attached hydrogens (tertiary/aromatic N) is 1. The fraction of sp³-hybridized carbons (Fsp3) is 0.0714. The van der Waals surface area contributed by atoms with Gasteiger partial charge in [0.2, 0.25) is 0 Å². The molecule has 0 bridgehead atoms. The number of nitriles is 1. The maximum atomic E-state index is 12.2. The van der Waals surface area contributed by atoms with Crippen molar-refractivity contribution in [2.45, 2.75) is 11.8 Å². The van der Waals surface area contributed by atoms with Gasteiger partial charge >= 0.3 is 10.1 Å². The second kappa shape index (κ2) is 5.90. The fourth-order valence-corrected chi connectivity index (χ4v) is 3.16. The van der Waals surface area contributed by atoms with Crippen molar-refractivity contribution in [2.24, 2.45) is 0 Å². The van der Waals surface area contributed by atoms with Crippen LogP contribution in [-0.2, 0) is 14.3 Å². The largest absolute Gasteiger partial charge is 0.377 e. The van der Waals surface area contributed by atoms with Gasteiger partial charge in [-0.15, -0.1) is 11.3 Å². The molecule has 0 amide bonds. The molecule has 0 saturated heterocycles. The molecule has 0 radical (unpaired) electrons. The Bertz CT molecular complexity index is 752. The lowest BCUT2D eigenvalue weighted by molar-refractivity contribution is 0.464. The number of benzene rings is 1. The van der Waals surface area contributed by atoms with Gasteiger partial charge in [0, 0.05) is 0 Å². The van der Waals surface area contributed by atoms with Gasteiger partial charge in [0.1, 0.15) is 4.90 Å². The van der Waals surface area contributed by atoms with E-state index in [1.165, 1.54) is 23.5 Å². The number of hydrogen-bond donors (Lipinski definition) is 0. The van der Waals surface area contributed by atoms with E-state index in [0.29, 0.717) is 4.88 Å². The monoisotopic (exact) mass is 305 g/mol. The molecule has 0 aliphatic heterocycles.